The highest BCUT2D eigenvalue weighted by molar-refractivity contribution is 5.84. The van der Waals surface area contributed by atoms with E-state index in [-0.39, 0.29) is 12.2 Å². The molecule has 0 fully saturated rings. The van der Waals surface area contributed by atoms with Crippen LogP contribution in [0.1, 0.15) is 21.7 Å². The number of aromatic nitrogens is 3. The number of carbonyl (C=O) groups is 1. The van der Waals surface area contributed by atoms with Crippen molar-refractivity contribution in [3.05, 3.63) is 47.8 Å². The van der Waals surface area contributed by atoms with Gasteiger partial charge in [0.25, 0.3) is 0 Å². The molecule has 0 saturated heterocycles. The highest BCUT2D eigenvalue weighted by atomic mass is 19.4. The third-order valence-corrected chi connectivity index (χ3v) is 2.35. The molecule has 0 unspecified atom stereocenters. The lowest BCUT2D eigenvalue weighted by atomic mass is 10.2. The van der Waals surface area contributed by atoms with Crippen LogP contribution in [-0.2, 0) is 12.7 Å². The SMILES string of the molecule is O=C(O)c1cn(Cc2ccc(C(F)(F)F)cn2)cn1. The molecule has 0 aromatic carbocycles. The first kappa shape index (κ1) is 13.1. The zero-order chi connectivity index (χ0) is 14.0. The molecule has 0 aliphatic carbocycles. The Balaban J connectivity index is 2.13. The maximum atomic E-state index is 12.3. The van der Waals surface area contributed by atoms with Gasteiger partial charge in [0.2, 0.25) is 0 Å². The van der Waals surface area contributed by atoms with Gasteiger partial charge in [-0.15, -0.1) is 0 Å². The highest BCUT2D eigenvalue weighted by Gasteiger charge is 2.30. The number of hydrogen-bond donors (Lipinski definition) is 1. The molecule has 2 heterocycles. The van der Waals surface area contributed by atoms with Crippen LogP contribution in [0.15, 0.2) is 30.9 Å². The average Bonchev–Trinajstić information content (AvgIpc) is 2.77. The predicted octanol–water partition coefficient (Wildman–Crippen LogP) is 2.04. The zero-order valence-electron chi connectivity index (χ0n) is 9.42. The number of alkyl halides is 3. The zero-order valence-corrected chi connectivity index (χ0v) is 9.42. The summed E-state index contributed by atoms with van der Waals surface area (Å²) in [5.41, 5.74) is -0.581. The van der Waals surface area contributed by atoms with Gasteiger partial charge in [-0.05, 0) is 12.1 Å². The minimum atomic E-state index is -4.42. The molecule has 2 aromatic rings. The van der Waals surface area contributed by atoms with Crippen molar-refractivity contribution in [1.82, 2.24) is 14.5 Å². The Labute approximate surface area is 105 Å². The molecule has 1 N–H and O–H groups in total. The van der Waals surface area contributed by atoms with E-state index in [1.165, 1.54) is 23.2 Å². The summed E-state index contributed by atoms with van der Waals surface area (Å²) in [6, 6.07) is 2.17. The van der Waals surface area contributed by atoms with Crippen LogP contribution >= 0.6 is 0 Å². The fourth-order valence-corrected chi connectivity index (χ4v) is 1.43. The predicted molar refractivity (Wildman–Crippen MR) is 57.5 cm³/mol. The Morgan fingerprint density at radius 2 is 2.05 bits per heavy atom. The summed E-state index contributed by atoms with van der Waals surface area (Å²) in [7, 11) is 0. The molecule has 8 heteroatoms. The number of aromatic carboxylic acids is 1. The molecular formula is C11H8F3N3O2. The molecule has 0 saturated carbocycles. The summed E-state index contributed by atoms with van der Waals surface area (Å²) in [6.45, 7) is 0.151. The molecule has 0 amide bonds. The maximum Gasteiger partial charge on any atom is 0.417 e. The Kier molecular flexibility index (Phi) is 3.24. The van der Waals surface area contributed by atoms with Gasteiger partial charge in [-0.3, -0.25) is 4.98 Å². The van der Waals surface area contributed by atoms with E-state index in [4.69, 9.17) is 5.11 Å². The lowest BCUT2D eigenvalue weighted by Crippen LogP contribution is -2.07. The summed E-state index contributed by atoms with van der Waals surface area (Å²) < 4.78 is 38.4. The average molecular weight is 271 g/mol. The number of pyridine rings is 1. The van der Waals surface area contributed by atoms with Gasteiger partial charge < -0.3 is 9.67 Å². The van der Waals surface area contributed by atoms with E-state index in [9.17, 15) is 18.0 Å². The standard InChI is InChI=1S/C11H8F3N3O2/c12-11(13,14)7-1-2-8(15-3-7)4-17-5-9(10(18)19)16-6-17/h1-3,5-6H,4H2,(H,18,19). The smallest absolute Gasteiger partial charge is 0.417 e. The highest BCUT2D eigenvalue weighted by Crippen LogP contribution is 2.28. The second kappa shape index (κ2) is 4.71. The molecule has 0 spiro atoms. The number of carboxylic acid groups (broad SMARTS) is 1. The van der Waals surface area contributed by atoms with E-state index in [0.29, 0.717) is 5.69 Å². The molecule has 2 aromatic heterocycles. The molecule has 0 bridgehead atoms. The molecule has 0 radical (unpaired) electrons. The Morgan fingerprint density at radius 1 is 1.32 bits per heavy atom. The van der Waals surface area contributed by atoms with Crippen molar-refractivity contribution in [1.29, 1.82) is 0 Å². The van der Waals surface area contributed by atoms with E-state index >= 15 is 0 Å². The second-order valence-electron chi connectivity index (χ2n) is 3.77. The number of imidazole rings is 1. The fourth-order valence-electron chi connectivity index (χ4n) is 1.43. The lowest BCUT2D eigenvalue weighted by molar-refractivity contribution is -0.137. The van der Waals surface area contributed by atoms with Crippen LogP contribution in [0.3, 0.4) is 0 Å². The van der Waals surface area contributed by atoms with Crippen LogP contribution in [0.2, 0.25) is 0 Å². The van der Waals surface area contributed by atoms with Crippen molar-refractivity contribution >= 4 is 5.97 Å². The van der Waals surface area contributed by atoms with Crippen LogP contribution < -0.4 is 0 Å². The molecule has 0 atom stereocenters. The number of halogens is 3. The largest absolute Gasteiger partial charge is 0.476 e. The minimum absolute atomic E-state index is 0.132. The van der Waals surface area contributed by atoms with Crippen molar-refractivity contribution in [3.8, 4) is 0 Å². The van der Waals surface area contributed by atoms with Gasteiger partial charge >= 0.3 is 12.1 Å². The minimum Gasteiger partial charge on any atom is -0.476 e. The summed E-state index contributed by atoms with van der Waals surface area (Å²) in [6.07, 6.45) is -1.12. The van der Waals surface area contributed by atoms with Gasteiger partial charge in [0, 0.05) is 12.4 Å². The van der Waals surface area contributed by atoms with E-state index in [2.05, 4.69) is 9.97 Å². The molecule has 0 aliphatic rings. The van der Waals surface area contributed by atoms with Crippen LogP contribution in [0, 0.1) is 0 Å². The molecule has 0 aliphatic heterocycles. The first-order valence-corrected chi connectivity index (χ1v) is 5.13. The van der Waals surface area contributed by atoms with Crippen LogP contribution in [-0.4, -0.2) is 25.6 Å². The quantitative estimate of drug-likeness (QED) is 0.927. The summed E-state index contributed by atoms with van der Waals surface area (Å²) in [4.78, 5) is 17.9. The van der Waals surface area contributed by atoms with Gasteiger partial charge in [-0.25, -0.2) is 9.78 Å². The molecule has 100 valence electrons. The molecular weight excluding hydrogens is 263 g/mol. The maximum absolute atomic E-state index is 12.3. The summed E-state index contributed by atoms with van der Waals surface area (Å²) in [5.74, 6) is -1.17. The number of nitrogens with zero attached hydrogens (tertiary/aromatic N) is 3. The van der Waals surface area contributed by atoms with Crippen LogP contribution in [0.5, 0.6) is 0 Å². The number of hydrogen-bond acceptors (Lipinski definition) is 3. The second-order valence-corrected chi connectivity index (χ2v) is 3.77. The third kappa shape index (κ3) is 3.09. The topological polar surface area (TPSA) is 68.0 Å². The van der Waals surface area contributed by atoms with Crippen LogP contribution in [0.25, 0.3) is 0 Å². The van der Waals surface area contributed by atoms with E-state index < -0.39 is 17.7 Å². The number of rotatable bonds is 3. The normalized spacial score (nSPS) is 11.5. The van der Waals surface area contributed by atoms with Crippen molar-refractivity contribution in [3.63, 3.8) is 0 Å². The molecule has 2 rings (SSSR count). The Bertz CT molecular complexity index is 590. The lowest BCUT2D eigenvalue weighted by Gasteiger charge is -2.07. The Morgan fingerprint density at radius 3 is 2.53 bits per heavy atom. The van der Waals surface area contributed by atoms with Gasteiger partial charge in [-0.1, -0.05) is 0 Å². The van der Waals surface area contributed by atoms with Crippen molar-refractivity contribution in [2.45, 2.75) is 12.7 Å². The van der Waals surface area contributed by atoms with Gasteiger partial charge in [0.15, 0.2) is 5.69 Å². The third-order valence-electron chi connectivity index (χ3n) is 2.35. The van der Waals surface area contributed by atoms with Gasteiger partial charge in [-0.2, -0.15) is 13.2 Å². The number of carboxylic acids is 1. The van der Waals surface area contributed by atoms with Crippen molar-refractivity contribution in [2.75, 3.05) is 0 Å². The van der Waals surface area contributed by atoms with Crippen molar-refractivity contribution < 1.29 is 23.1 Å². The Hall–Kier alpha value is -2.38. The first-order chi connectivity index (χ1) is 8.86. The van der Waals surface area contributed by atoms with Crippen LogP contribution in [0.4, 0.5) is 13.2 Å². The molecule has 5 nitrogen and oxygen atoms in total. The van der Waals surface area contributed by atoms with E-state index in [0.717, 1.165) is 12.3 Å². The van der Waals surface area contributed by atoms with Crippen molar-refractivity contribution in [2.24, 2.45) is 0 Å². The fraction of sp³-hybridized carbons (Fsp3) is 0.182. The summed E-state index contributed by atoms with van der Waals surface area (Å²) >= 11 is 0. The molecule has 19 heavy (non-hydrogen) atoms. The summed E-state index contributed by atoms with van der Waals surface area (Å²) in [5, 5.41) is 8.67. The van der Waals surface area contributed by atoms with E-state index in [1.54, 1.807) is 0 Å². The van der Waals surface area contributed by atoms with Gasteiger partial charge in [0.05, 0.1) is 24.1 Å². The first-order valence-electron chi connectivity index (χ1n) is 5.13. The monoisotopic (exact) mass is 271 g/mol. The van der Waals surface area contributed by atoms with Gasteiger partial charge in [0.1, 0.15) is 0 Å². The van der Waals surface area contributed by atoms with E-state index in [1.807, 2.05) is 0 Å².